The summed E-state index contributed by atoms with van der Waals surface area (Å²) in [5, 5.41) is 11.2. The van der Waals surface area contributed by atoms with Gasteiger partial charge in [0.05, 0.1) is 0 Å². The quantitative estimate of drug-likeness (QED) is 0.678. The Bertz CT molecular complexity index is 445. The Morgan fingerprint density at radius 1 is 1.30 bits per heavy atom. The molecule has 20 heavy (non-hydrogen) atoms. The summed E-state index contributed by atoms with van der Waals surface area (Å²) >= 11 is 0. The van der Waals surface area contributed by atoms with Crippen molar-refractivity contribution in [1.29, 1.82) is 0 Å². The highest BCUT2D eigenvalue weighted by Crippen LogP contribution is 2.13. The molecule has 0 atom stereocenters. The third-order valence-electron chi connectivity index (χ3n) is 2.82. The van der Waals surface area contributed by atoms with Gasteiger partial charge in [0.25, 0.3) is 5.91 Å². The standard InChI is InChI=1S/C15H21NO4/c1-2-12-6-5-7-13(10-12)20-11-14(17)16-9-4-3-8-15(18)19/h5-7,10H,2-4,8-9,11H2,1H3,(H,16,17)(H,18,19). The zero-order chi connectivity index (χ0) is 14.8. The van der Waals surface area contributed by atoms with E-state index < -0.39 is 5.97 Å². The van der Waals surface area contributed by atoms with Gasteiger partial charge in [0.1, 0.15) is 5.75 Å². The average molecular weight is 279 g/mol. The largest absolute Gasteiger partial charge is 0.484 e. The van der Waals surface area contributed by atoms with Crippen molar-refractivity contribution in [3.63, 3.8) is 0 Å². The maximum absolute atomic E-state index is 11.5. The number of unbranched alkanes of at least 4 members (excludes halogenated alkanes) is 1. The fourth-order valence-corrected chi connectivity index (χ4v) is 1.68. The Kier molecular flexibility index (Phi) is 7.17. The molecule has 1 rings (SSSR count). The Hall–Kier alpha value is -2.04. The van der Waals surface area contributed by atoms with Crippen LogP contribution in [0.5, 0.6) is 5.75 Å². The van der Waals surface area contributed by atoms with E-state index in [4.69, 9.17) is 9.84 Å². The van der Waals surface area contributed by atoms with E-state index in [0.29, 0.717) is 25.1 Å². The lowest BCUT2D eigenvalue weighted by molar-refractivity contribution is -0.137. The Labute approximate surface area is 118 Å². The maximum Gasteiger partial charge on any atom is 0.303 e. The highest BCUT2D eigenvalue weighted by Gasteiger charge is 2.03. The van der Waals surface area contributed by atoms with E-state index in [1.807, 2.05) is 24.3 Å². The van der Waals surface area contributed by atoms with Gasteiger partial charge in [-0.3, -0.25) is 9.59 Å². The van der Waals surface area contributed by atoms with Gasteiger partial charge in [0.2, 0.25) is 0 Å². The highest BCUT2D eigenvalue weighted by molar-refractivity contribution is 5.77. The van der Waals surface area contributed by atoms with Gasteiger partial charge in [-0.05, 0) is 37.0 Å². The number of ether oxygens (including phenoxy) is 1. The summed E-state index contributed by atoms with van der Waals surface area (Å²) < 4.78 is 5.40. The fraction of sp³-hybridized carbons (Fsp3) is 0.467. The molecule has 1 aromatic carbocycles. The molecule has 0 radical (unpaired) electrons. The highest BCUT2D eigenvalue weighted by atomic mass is 16.5. The number of carboxylic acid groups (broad SMARTS) is 1. The second kappa shape index (κ2) is 8.96. The molecule has 0 unspecified atom stereocenters. The van der Waals surface area contributed by atoms with Crippen LogP contribution < -0.4 is 10.1 Å². The molecule has 0 fully saturated rings. The smallest absolute Gasteiger partial charge is 0.303 e. The first-order chi connectivity index (χ1) is 9.61. The maximum atomic E-state index is 11.5. The Morgan fingerprint density at radius 2 is 2.10 bits per heavy atom. The van der Waals surface area contributed by atoms with Crippen molar-refractivity contribution < 1.29 is 19.4 Å². The van der Waals surface area contributed by atoms with Gasteiger partial charge in [-0.1, -0.05) is 19.1 Å². The predicted octanol–water partition coefficient (Wildman–Crippen LogP) is 2.00. The van der Waals surface area contributed by atoms with Crippen molar-refractivity contribution in [2.75, 3.05) is 13.2 Å². The SMILES string of the molecule is CCc1cccc(OCC(=O)NCCCCC(=O)O)c1. The molecule has 0 aliphatic carbocycles. The fourth-order valence-electron chi connectivity index (χ4n) is 1.68. The Morgan fingerprint density at radius 3 is 2.80 bits per heavy atom. The molecule has 5 nitrogen and oxygen atoms in total. The molecule has 0 spiro atoms. The molecule has 0 aliphatic heterocycles. The summed E-state index contributed by atoms with van der Waals surface area (Å²) in [6.45, 7) is 2.51. The molecule has 0 aromatic heterocycles. The minimum Gasteiger partial charge on any atom is -0.484 e. The first-order valence-corrected chi connectivity index (χ1v) is 6.82. The molecule has 0 heterocycles. The van der Waals surface area contributed by atoms with E-state index in [2.05, 4.69) is 12.2 Å². The summed E-state index contributed by atoms with van der Waals surface area (Å²) in [5.74, 6) is -0.317. The minimum atomic E-state index is -0.810. The van der Waals surface area contributed by atoms with Crippen LogP contribution in [0.25, 0.3) is 0 Å². The second-order valence-corrected chi connectivity index (χ2v) is 4.49. The number of nitrogens with one attached hydrogen (secondary N) is 1. The molecule has 1 aromatic rings. The van der Waals surface area contributed by atoms with Gasteiger partial charge >= 0.3 is 5.97 Å². The molecular formula is C15H21NO4. The van der Waals surface area contributed by atoms with Crippen molar-refractivity contribution >= 4 is 11.9 Å². The van der Waals surface area contributed by atoms with Gasteiger partial charge in [-0.25, -0.2) is 0 Å². The van der Waals surface area contributed by atoms with E-state index in [9.17, 15) is 9.59 Å². The van der Waals surface area contributed by atoms with Gasteiger partial charge < -0.3 is 15.2 Å². The molecule has 0 bridgehead atoms. The van der Waals surface area contributed by atoms with Crippen molar-refractivity contribution in [2.45, 2.75) is 32.6 Å². The first-order valence-electron chi connectivity index (χ1n) is 6.82. The summed E-state index contributed by atoms with van der Waals surface area (Å²) in [6.07, 6.45) is 2.28. The van der Waals surface area contributed by atoms with Crippen molar-refractivity contribution in [1.82, 2.24) is 5.32 Å². The summed E-state index contributed by atoms with van der Waals surface area (Å²) in [4.78, 5) is 21.8. The van der Waals surface area contributed by atoms with Gasteiger partial charge in [-0.15, -0.1) is 0 Å². The van der Waals surface area contributed by atoms with Crippen LogP contribution in [0, 0.1) is 0 Å². The third kappa shape index (κ3) is 6.78. The van der Waals surface area contributed by atoms with Crippen molar-refractivity contribution in [3.05, 3.63) is 29.8 Å². The van der Waals surface area contributed by atoms with Crippen LogP contribution in [0.1, 0.15) is 31.7 Å². The lowest BCUT2D eigenvalue weighted by Gasteiger charge is -2.08. The number of carbonyl (C=O) groups excluding carboxylic acids is 1. The van der Waals surface area contributed by atoms with Crippen molar-refractivity contribution in [3.8, 4) is 5.75 Å². The van der Waals surface area contributed by atoms with Crippen LogP contribution in [0.15, 0.2) is 24.3 Å². The molecule has 0 saturated carbocycles. The topological polar surface area (TPSA) is 75.6 Å². The molecule has 5 heteroatoms. The summed E-state index contributed by atoms with van der Waals surface area (Å²) in [7, 11) is 0. The molecular weight excluding hydrogens is 258 g/mol. The number of rotatable bonds is 9. The number of hydrogen-bond acceptors (Lipinski definition) is 3. The lowest BCUT2D eigenvalue weighted by Crippen LogP contribution is -2.29. The van der Waals surface area contributed by atoms with Crippen LogP contribution in [-0.2, 0) is 16.0 Å². The molecule has 0 saturated heterocycles. The number of hydrogen-bond donors (Lipinski definition) is 2. The van der Waals surface area contributed by atoms with Crippen LogP contribution in [0.4, 0.5) is 0 Å². The van der Waals surface area contributed by atoms with E-state index >= 15 is 0 Å². The van der Waals surface area contributed by atoms with E-state index in [1.165, 1.54) is 0 Å². The summed E-state index contributed by atoms with van der Waals surface area (Å²) in [5.41, 5.74) is 1.16. The number of carbonyl (C=O) groups is 2. The van der Waals surface area contributed by atoms with E-state index in [0.717, 1.165) is 12.0 Å². The molecule has 110 valence electrons. The zero-order valence-electron chi connectivity index (χ0n) is 11.7. The van der Waals surface area contributed by atoms with E-state index in [1.54, 1.807) is 0 Å². The molecule has 1 amide bonds. The predicted molar refractivity (Wildman–Crippen MR) is 75.8 cm³/mol. The van der Waals surface area contributed by atoms with Crippen LogP contribution in [-0.4, -0.2) is 30.1 Å². The van der Waals surface area contributed by atoms with Crippen LogP contribution in [0.2, 0.25) is 0 Å². The first kappa shape index (κ1) is 16.0. The summed E-state index contributed by atoms with van der Waals surface area (Å²) in [6, 6.07) is 7.65. The number of benzene rings is 1. The van der Waals surface area contributed by atoms with Crippen LogP contribution >= 0.6 is 0 Å². The monoisotopic (exact) mass is 279 g/mol. The van der Waals surface area contributed by atoms with Crippen molar-refractivity contribution in [2.24, 2.45) is 0 Å². The minimum absolute atomic E-state index is 0.0217. The number of aliphatic carboxylic acids is 1. The van der Waals surface area contributed by atoms with Gasteiger partial charge in [0.15, 0.2) is 6.61 Å². The number of aryl methyl sites for hydroxylation is 1. The normalized spacial score (nSPS) is 10.1. The Balaban J connectivity index is 2.17. The molecule has 2 N–H and O–H groups in total. The van der Waals surface area contributed by atoms with Crippen LogP contribution in [0.3, 0.4) is 0 Å². The number of carboxylic acids is 1. The lowest BCUT2D eigenvalue weighted by atomic mass is 10.2. The average Bonchev–Trinajstić information content (AvgIpc) is 2.44. The second-order valence-electron chi connectivity index (χ2n) is 4.49. The zero-order valence-corrected chi connectivity index (χ0v) is 11.7. The van der Waals surface area contributed by atoms with E-state index in [-0.39, 0.29) is 18.9 Å². The molecule has 0 aliphatic rings. The number of amides is 1. The van der Waals surface area contributed by atoms with Gasteiger partial charge in [0, 0.05) is 13.0 Å². The van der Waals surface area contributed by atoms with Gasteiger partial charge in [-0.2, -0.15) is 0 Å². The third-order valence-corrected chi connectivity index (χ3v) is 2.82.